The van der Waals surface area contributed by atoms with Crippen molar-refractivity contribution < 1.29 is 13.6 Å². The smallest absolute Gasteiger partial charge is 0.280 e. The summed E-state index contributed by atoms with van der Waals surface area (Å²) in [4.78, 5) is 13.9. The van der Waals surface area contributed by atoms with Crippen LogP contribution in [0.4, 0.5) is 8.78 Å². The fraction of sp³-hybridized carbons (Fsp3) is 0.143. The highest BCUT2D eigenvalue weighted by molar-refractivity contribution is 7.97. The van der Waals surface area contributed by atoms with Crippen LogP contribution in [-0.4, -0.2) is 10.1 Å². The van der Waals surface area contributed by atoms with E-state index in [1.54, 1.807) is 0 Å². The minimum absolute atomic E-state index is 0.211. The van der Waals surface area contributed by atoms with Crippen LogP contribution in [0.15, 0.2) is 18.3 Å². The van der Waals surface area contributed by atoms with E-state index in [4.69, 9.17) is 0 Å². The van der Waals surface area contributed by atoms with E-state index in [1.165, 1.54) is 6.07 Å². The van der Waals surface area contributed by atoms with Crippen LogP contribution >= 0.6 is 12.6 Å². The van der Waals surface area contributed by atoms with Crippen molar-refractivity contribution in [1.82, 2.24) is 4.98 Å². The third-order valence-corrected chi connectivity index (χ3v) is 1.52. The van der Waals surface area contributed by atoms with Gasteiger partial charge < -0.3 is 0 Å². The summed E-state index contributed by atoms with van der Waals surface area (Å²) in [5.41, 5.74) is -0.129. The highest BCUT2D eigenvalue weighted by Gasteiger charge is 2.08. The van der Waals surface area contributed by atoms with Crippen LogP contribution in [-0.2, 0) is 0 Å². The summed E-state index contributed by atoms with van der Waals surface area (Å²) in [5, 5.41) is -0.483. The fourth-order valence-corrected chi connectivity index (χ4v) is 0.793. The molecule has 0 bridgehead atoms. The van der Waals surface area contributed by atoms with Crippen molar-refractivity contribution >= 4 is 17.7 Å². The van der Waals surface area contributed by atoms with Gasteiger partial charge in [-0.25, -0.2) is 8.78 Å². The predicted octanol–water partition coefficient (Wildman–Crippen LogP) is 2.09. The monoisotopic (exact) mass is 189 g/mol. The van der Waals surface area contributed by atoms with Crippen molar-refractivity contribution in [3.05, 3.63) is 29.6 Å². The maximum absolute atomic E-state index is 11.9. The Kier molecular flexibility index (Phi) is 2.75. The highest BCUT2D eigenvalue weighted by atomic mass is 32.1. The zero-order chi connectivity index (χ0) is 9.14. The van der Waals surface area contributed by atoms with E-state index in [2.05, 4.69) is 17.6 Å². The molecular weight excluding hydrogens is 184 g/mol. The molecule has 1 rings (SSSR count). The van der Waals surface area contributed by atoms with Crippen LogP contribution in [0.1, 0.15) is 22.5 Å². The molecule has 0 saturated heterocycles. The summed E-state index contributed by atoms with van der Waals surface area (Å²) in [6.45, 7) is 0. The van der Waals surface area contributed by atoms with Gasteiger partial charge in [0.15, 0.2) is 0 Å². The lowest BCUT2D eigenvalue weighted by molar-refractivity contribution is 0.109. The summed E-state index contributed by atoms with van der Waals surface area (Å²) >= 11 is 3.51. The maximum atomic E-state index is 11.9. The van der Waals surface area contributed by atoms with Gasteiger partial charge in [-0.2, -0.15) is 0 Å². The SMILES string of the molecule is O=C(S)c1ccc(C(F)F)nc1. The summed E-state index contributed by atoms with van der Waals surface area (Å²) in [6, 6.07) is 2.37. The average Bonchev–Trinajstić information content (AvgIpc) is 2.04. The van der Waals surface area contributed by atoms with E-state index in [1.807, 2.05) is 0 Å². The lowest BCUT2D eigenvalue weighted by atomic mass is 10.3. The first-order valence-corrected chi connectivity index (χ1v) is 3.53. The topological polar surface area (TPSA) is 30.0 Å². The number of nitrogens with zero attached hydrogens (tertiary/aromatic N) is 1. The number of carbonyl (C=O) groups is 1. The quantitative estimate of drug-likeness (QED) is 0.722. The Morgan fingerprint density at radius 1 is 1.50 bits per heavy atom. The predicted molar refractivity (Wildman–Crippen MR) is 42.5 cm³/mol. The van der Waals surface area contributed by atoms with E-state index in [9.17, 15) is 13.6 Å². The Hall–Kier alpha value is -0.970. The first-order valence-electron chi connectivity index (χ1n) is 3.08. The van der Waals surface area contributed by atoms with E-state index >= 15 is 0 Å². The third-order valence-electron chi connectivity index (χ3n) is 1.26. The average molecular weight is 189 g/mol. The van der Waals surface area contributed by atoms with Crippen molar-refractivity contribution in [2.75, 3.05) is 0 Å². The molecule has 5 heteroatoms. The molecule has 64 valence electrons. The molecule has 0 radical (unpaired) electrons. The molecule has 1 aromatic rings. The zero-order valence-corrected chi connectivity index (χ0v) is 6.76. The van der Waals surface area contributed by atoms with Gasteiger partial charge in [-0.1, -0.05) is 0 Å². The Balaban J connectivity index is 2.93. The molecule has 1 aromatic heterocycles. The van der Waals surface area contributed by atoms with E-state index < -0.39 is 11.5 Å². The molecule has 0 N–H and O–H groups in total. The molecule has 1 heterocycles. The summed E-state index contributed by atoms with van der Waals surface area (Å²) < 4.78 is 23.9. The van der Waals surface area contributed by atoms with Crippen LogP contribution < -0.4 is 0 Å². The fourth-order valence-electron chi connectivity index (χ4n) is 0.661. The molecule has 0 aliphatic rings. The van der Waals surface area contributed by atoms with E-state index in [-0.39, 0.29) is 11.3 Å². The first-order chi connectivity index (χ1) is 5.61. The van der Waals surface area contributed by atoms with Crippen molar-refractivity contribution in [3.8, 4) is 0 Å². The number of carbonyl (C=O) groups excluding carboxylic acids is 1. The Labute approximate surface area is 73.0 Å². The molecule has 0 aliphatic carbocycles. The van der Waals surface area contributed by atoms with Gasteiger partial charge in [0.1, 0.15) is 5.69 Å². The van der Waals surface area contributed by atoms with Crippen LogP contribution in [0.2, 0.25) is 0 Å². The number of aromatic nitrogens is 1. The normalized spacial score (nSPS) is 10.3. The molecule has 12 heavy (non-hydrogen) atoms. The number of halogens is 2. The minimum atomic E-state index is -2.60. The Morgan fingerprint density at radius 2 is 2.17 bits per heavy atom. The summed E-state index contributed by atoms with van der Waals surface area (Å²) in [7, 11) is 0. The molecule has 0 spiro atoms. The Bertz CT molecular complexity index is 286. The number of hydrogen-bond donors (Lipinski definition) is 1. The third kappa shape index (κ3) is 2.01. The second kappa shape index (κ2) is 3.62. The Morgan fingerprint density at radius 3 is 2.50 bits per heavy atom. The second-order valence-corrected chi connectivity index (χ2v) is 2.48. The van der Waals surface area contributed by atoms with Gasteiger partial charge >= 0.3 is 0 Å². The van der Waals surface area contributed by atoms with Crippen LogP contribution in [0.3, 0.4) is 0 Å². The van der Waals surface area contributed by atoms with Gasteiger partial charge in [0.2, 0.25) is 5.12 Å². The first kappa shape index (κ1) is 9.12. The van der Waals surface area contributed by atoms with Gasteiger partial charge in [-0.05, 0) is 12.1 Å². The van der Waals surface area contributed by atoms with Gasteiger partial charge in [0.25, 0.3) is 6.43 Å². The molecule has 0 fully saturated rings. The standard InChI is InChI=1S/C7H5F2NOS/c8-6(9)5-2-1-4(3-10-5)7(11)12/h1-3,6H,(H,11,12). The van der Waals surface area contributed by atoms with Gasteiger partial charge in [0, 0.05) is 11.8 Å². The van der Waals surface area contributed by atoms with Crippen LogP contribution in [0.5, 0.6) is 0 Å². The molecule has 0 atom stereocenters. The summed E-state index contributed by atoms with van der Waals surface area (Å²) in [6.07, 6.45) is -1.52. The highest BCUT2D eigenvalue weighted by Crippen LogP contribution is 2.16. The molecule has 0 aromatic carbocycles. The largest absolute Gasteiger partial charge is 0.282 e. The molecule has 0 saturated carbocycles. The summed E-state index contributed by atoms with van der Waals surface area (Å²) in [5.74, 6) is 0. The number of thiol groups is 1. The molecular formula is C7H5F2NOS. The van der Waals surface area contributed by atoms with E-state index in [0.717, 1.165) is 12.3 Å². The number of pyridine rings is 1. The van der Waals surface area contributed by atoms with Crippen molar-refractivity contribution in [3.63, 3.8) is 0 Å². The van der Waals surface area contributed by atoms with Gasteiger partial charge in [-0.15, -0.1) is 12.6 Å². The number of hydrogen-bond acceptors (Lipinski definition) is 2. The van der Waals surface area contributed by atoms with Gasteiger partial charge in [-0.3, -0.25) is 9.78 Å². The lowest BCUT2D eigenvalue weighted by Crippen LogP contribution is -1.94. The van der Waals surface area contributed by atoms with Crippen molar-refractivity contribution in [2.24, 2.45) is 0 Å². The number of alkyl halides is 2. The molecule has 2 nitrogen and oxygen atoms in total. The number of rotatable bonds is 2. The van der Waals surface area contributed by atoms with E-state index in [0.29, 0.717) is 0 Å². The second-order valence-electron chi connectivity index (χ2n) is 2.08. The maximum Gasteiger partial charge on any atom is 0.280 e. The van der Waals surface area contributed by atoms with Crippen molar-refractivity contribution in [1.29, 1.82) is 0 Å². The lowest BCUT2D eigenvalue weighted by Gasteiger charge is -1.97. The van der Waals surface area contributed by atoms with Crippen LogP contribution in [0.25, 0.3) is 0 Å². The molecule has 0 unspecified atom stereocenters. The van der Waals surface area contributed by atoms with Gasteiger partial charge in [0.05, 0.1) is 0 Å². The van der Waals surface area contributed by atoms with Crippen LogP contribution in [0, 0.1) is 0 Å². The molecule has 0 aliphatic heterocycles. The van der Waals surface area contributed by atoms with Crippen molar-refractivity contribution in [2.45, 2.75) is 6.43 Å². The zero-order valence-electron chi connectivity index (χ0n) is 5.87. The molecule has 0 amide bonds. The minimum Gasteiger partial charge on any atom is -0.282 e.